The second-order valence-electron chi connectivity index (χ2n) is 7.92. The smallest absolute Gasteiger partial charge is 0.254 e. The molecule has 2 aromatic rings. The highest BCUT2D eigenvalue weighted by Crippen LogP contribution is 2.32. The first-order valence-corrected chi connectivity index (χ1v) is 10.9. The lowest BCUT2D eigenvalue weighted by molar-refractivity contribution is -0.123. The molecule has 0 aromatic heterocycles. The molecule has 2 amide bonds. The molecule has 0 saturated heterocycles. The fourth-order valence-electron chi connectivity index (χ4n) is 4.07. The van der Waals surface area contributed by atoms with E-state index in [1.807, 2.05) is 32.0 Å². The molecule has 0 bridgehead atoms. The third kappa shape index (κ3) is 4.61. The van der Waals surface area contributed by atoms with Crippen LogP contribution >= 0.6 is 15.9 Å². The highest BCUT2D eigenvalue weighted by atomic mass is 79.9. The molecule has 7 heteroatoms. The van der Waals surface area contributed by atoms with E-state index in [9.17, 15) is 9.59 Å². The predicted octanol–water partition coefficient (Wildman–Crippen LogP) is 4.73. The van der Waals surface area contributed by atoms with Crippen molar-refractivity contribution in [1.82, 2.24) is 5.32 Å². The van der Waals surface area contributed by atoms with Gasteiger partial charge in [0.1, 0.15) is 11.3 Å². The van der Waals surface area contributed by atoms with E-state index in [2.05, 4.69) is 26.6 Å². The van der Waals surface area contributed by atoms with Gasteiger partial charge >= 0.3 is 0 Å². The van der Waals surface area contributed by atoms with E-state index in [0.717, 1.165) is 34.9 Å². The first kappa shape index (κ1) is 22.2. The number of carbonyl (C=O) groups excluding carboxylic acids is 2. The molecule has 4 N–H and O–H groups in total. The second kappa shape index (κ2) is 9.08. The molecule has 0 aliphatic heterocycles. The Morgan fingerprint density at radius 2 is 1.77 bits per heavy atom. The third-order valence-electron chi connectivity index (χ3n) is 5.72. The highest BCUT2D eigenvalue weighted by molar-refractivity contribution is 9.10. The maximum absolute atomic E-state index is 13.4. The molecule has 0 spiro atoms. The van der Waals surface area contributed by atoms with E-state index in [1.165, 1.54) is 0 Å². The van der Waals surface area contributed by atoms with Gasteiger partial charge in [-0.3, -0.25) is 9.59 Å². The van der Waals surface area contributed by atoms with Gasteiger partial charge in [0.15, 0.2) is 0 Å². The van der Waals surface area contributed by atoms with Gasteiger partial charge in [0.25, 0.3) is 5.91 Å². The number of ether oxygens (including phenoxy) is 1. The molecule has 1 aliphatic rings. The maximum atomic E-state index is 13.4. The van der Waals surface area contributed by atoms with Crippen LogP contribution in [0.3, 0.4) is 0 Å². The number of anilines is 2. The summed E-state index contributed by atoms with van der Waals surface area (Å²) < 4.78 is 6.17. The molecule has 1 saturated carbocycles. The lowest BCUT2D eigenvalue weighted by Crippen LogP contribution is -2.58. The summed E-state index contributed by atoms with van der Waals surface area (Å²) in [6.45, 7) is 3.78. The Morgan fingerprint density at radius 3 is 2.40 bits per heavy atom. The molecule has 0 radical (unpaired) electrons. The first-order valence-electron chi connectivity index (χ1n) is 10.1. The van der Waals surface area contributed by atoms with Crippen LogP contribution in [0.2, 0.25) is 0 Å². The second-order valence-corrected chi connectivity index (χ2v) is 8.84. The third-order valence-corrected chi connectivity index (χ3v) is 6.18. The summed E-state index contributed by atoms with van der Waals surface area (Å²) in [6, 6.07) is 9.07. The van der Waals surface area contributed by atoms with Gasteiger partial charge in [-0.05, 0) is 56.0 Å². The van der Waals surface area contributed by atoms with Crippen molar-refractivity contribution in [3.63, 3.8) is 0 Å². The summed E-state index contributed by atoms with van der Waals surface area (Å²) >= 11 is 3.40. The number of methoxy groups -OCH3 is 1. The van der Waals surface area contributed by atoms with E-state index in [0.29, 0.717) is 35.5 Å². The molecule has 2 aromatic carbocycles. The summed E-state index contributed by atoms with van der Waals surface area (Å²) in [6.07, 6.45) is 3.97. The molecule has 6 nitrogen and oxygen atoms in total. The van der Waals surface area contributed by atoms with Gasteiger partial charge in [0.05, 0.1) is 12.7 Å². The number of nitrogens with one attached hydrogen (secondary N) is 2. The molecule has 30 heavy (non-hydrogen) atoms. The Kier molecular flexibility index (Phi) is 6.71. The average molecular weight is 474 g/mol. The van der Waals surface area contributed by atoms with Crippen molar-refractivity contribution in [1.29, 1.82) is 0 Å². The number of rotatable bonds is 5. The topological polar surface area (TPSA) is 93.5 Å². The minimum absolute atomic E-state index is 0.213. The molecule has 160 valence electrons. The summed E-state index contributed by atoms with van der Waals surface area (Å²) in [5.74, 6) is 0.165. The fraction of sp³-hybridized carbons (Fsp3) is 0.391. The number of halogens is 1. The Morgan fingerprint density at radius 1 is 1.07 bits per heavy atom. The number of nitrogens with two attached hydrogens (primary N) is 1. The maximum Gasteiger partial charge on any atom is 0.254 e. The van der Waals surface area contributed by atoms with Gasteiger partial charge in [0.2, 0.25) is 5.91 Å². The number of nitrogen functional groups attached to an aromatic ring is 1. The van der Waals surface area contributed by atoms with Crippen LogP contribution in [0.4, 0.5) is 11.4 Å². The van der Waals surface area contributed by atoms with Gasteiger partial charge in [0, 0.05) is 21.9 Å². The van der Waals surface area contributed by atoms with Crippen molar-refractivity contribution in [2.24, 2.45) is 0 Å². The Labute approximate surface area is 185 Å². The van der Waals surface area contributed by atoms with Crippen LogP contribution in [0.25, 0.3) is 0 Å². The lowest BCUT2D eigenvalue weighted by Gasteiger charge is -2.37. The van der Waals surface area contributed by atoms with E-state index in [4.69, 9.17) is 10.5 Å². The SMILES string of the molecule is COc1cc(NC(=O)C2(NC(=O)c3c(C)cc(Br)cc3N)CCCCC2)ccc1C. The van der Waals surface area contributed by atoms with Crippen molar-refractivity contribution in [3.05, 3.63) is 51.5 Å². The molecule has 0 heterocycles. The van der Waals surface area contributed by atoms with Crippen LogP contribution in [0.5, 0.6) is 5.75 Å². The van der Waals surface area contributed by atoms with Crippen molar-refractivity contribution in [2.45, 2.75) is 51.5 Å². The predicted molar refractivity (Wildman–Crippen MR) is 123 cm³/mol. The lowest BCUT2D eigenvalue weighted by atomic mass is 9.80. The molecular weight excluding hydrogens is 446 g/mol. The van der Waals surface area contributed by atoms with Gasteiger partial charge < -0.3 is 21.1 Å². The minimum atomic E-state index is -0.973. The van der Waals surface area contributed by atoms with E-state index >= 15 is 0 Å². The van der Waals surface area contributed by atoms with Crippen molar-refractivity contribution in [2.75, 3.05) is 18.2 Å². The van der Waals surface area contributed by atoms with Gasteiger partial charge in [-0.2, -0.15) is 0 Å². The zero-order valence-electron chi connectivity index (χ0n) is 17.6. The molecule has 3 rings (SSSR count). The number of carbonyl (C=O) groups is 2. The van der Waals surface area contributed by atoms with Crippen LogP contribution in [-0.2, 0) is 4.79 Å². The number of hydrogen-bond donors (Lipinski definition) is 3. The number of benzene rings is 2. The normalized spacial score (nSPS) is 15.3. The molecular formula is C23H28BrN3O3. The molecule has 0 atom stereocenters. The first-order chi connectivity index (χ1) is 14.3. The van der Waals surface area contributed by atoms with Crippen LogP contribution in [-0.4, -0.2) is 24.5 Å². The van der Waals surface area contributed by atoms with Crippen LogP contribution in [0.15, 0.2) is 34.8 Å². The van der Waals surface area contributed by atoms with Crippen LogP contribution < -0.4 is 21.1 Å². The van der Waals surface area contributed by atoms with Gasteiger partial charge in [-0.15, -0.1) is 0 Å². The fourth-order valence-corrected chi connectivity index (χ4v) is 4.66. The largest absolute Gasteiger partial charge is 0.496 e. The Balaban J connectivity index is 1.87. The Hall–Kier alpha value is -2.54. The van der Waals surface area contributed by atoms with Gasteiger partial charge in [-0.25, -0.2) is 0 Å². The van der Waals surface area contributed by atoms with Crippen molar-refractivity contribution < 1.29 is 14.3 Å². The zero-order chi connectivity index (χ0) is 21.9. The van der Waals surface area contributed by atoms with E-state index < -0.39 is 5.54 Å². The zero-order valence-corrected chi connectivity index (χ0v) is 19.2. The van der Waals surface area contributed by atoms with Crippen LogP contribution in [0.1, 0.15) is 53.6 Å². The van der Waals surface area contributed by atoms with E-state index in [1.54, 1.807) is 19.2 Å². The highest BCUT2D eigenvalue weighted by Gasteiger charge is 2.41. The number of hydrogen-bond acceptors (Lipinski definition) is 4. The summed E-state index contributed by atoms with van der Waals surface area (Å²) in [5.41, 5.74) is 8.31. The standard InChI is InChI=1S/C23H28BrN3O3/c1-14-7-8-17(13-19(14)30-3)26-22(29)23(9-5-4-6-10-23)27-21(28)20-15(2)11-16(24)12-18(20)25/h7-8,11-13H,4-6,9-10,25H2,1-3H3,(H,26,29)(H,27,28). The van der Waals surface area contributed by atoms with Crippen molar-refractivity contribution >= 4 is 39.1 Å². The summed E-state index contributed by atoms with van der Waals surface area (Å²) in [7, 11) is 1.60. The summed E-state index contributed by atoms with van der Waals surface area (Å²) in [4.78, 5) is 26.5. The van der Waals surface area contributed by atoms with Gasteiger partial charge in [-0.1, -0.05) is 41.3 Å². The quantitative estimate of drug-likeness (QED) is 0.547. The molecule has 1 aliphatic carbocycles. The summed E-state index contributed by atoms with van der Waals surface area (Å²) in [5, 5.41) is 6.01. The molecule has 0 unspecified atom stereocenters. The van der Waals surface area contributed by atoms with Crippen molar-refractivity contribution in [3.8, 4) is 5.75 Å². The number of amides is 2. The Bertz CT molecular complexity index is 945. The monoisotopic (exact) mass is 473 g/mol. The van der Waals surface area contributed by atoms with E-state index in [-0.39, 0.29) is 11.8 Å². The van der Waals surface area contributed by atoms with Crippen LogP contribution in [0, 0.1) is 13.8 Å². The minimum Gasteiger partial charge on any atom is -0.496 e. The molecule has 1 fully saturated rings. The average Bonchev–Trinajstić information content (AvgIpc) is 2.69. The number of aryl methyl sites for hydroxylation is 2.